The predicted molar refractivity (Wildman–Crippen MR) is 67.3 cm³/mol. The van der Waals surface area contributed by atoms with Crippen LogP contribution in [-0.2, 0) is 15.6 Å². The summed E-state index contributed by atoms with van der Waals surface area (Å²) in [6.45, 7) is 0.349. The predicted octanol–water partition coefficient (Wildman–Crippen LogP) is 1.93. The molecule has 0 saturated carbocycles. The van der Waals surface area contributed by atoms with Crippen LogP contribution in [0.15, 0.2) is 18.2 Å². The molecule has 1 aromatic rings. The Morgan fingerprint density at radius 3 is 2.75 bits per heavy atom. The average Bonchev–Trinajstić information content (AvgIpc) is 2.17. The van der Waals surface area contributed by atoms with Crippen molar-refractivity contribution in [3.63, 3.8) is 0 Å². The van der Waals surface area contributed by atoms with Crippen LogP contribution in [-0.4, -0.2) is 21.2 Å². The molecule has 0 bridgehead atoms. The molecule has 0 unspecified atom stereocenters. The fraction of sp³-hybridized carbons (Fsp3) is 0.273. The van der Waals surface area contributed by atoms with Crippen LogP contribution in [0.1, 0.15) is 5.56 Å². The van der Waals surface area contributed by atoms with E-state index in [1.54, 1.807) is 18.2 Å². The van der Waals surface area contributed by atoms with Crippen molar-refractivity contribution < 1.29 is 8.42 Å². The van der Waals surface area contributed by atoms with Crippen LogP contribution < -0.4 is 5.32 Å². The lowest BCUT2D eigenvalue weighted by atomic mass is 10.2. The third-order valence-electron chi connectivity index (χ3n) is 1.84. The molecule has 5 heteroatoms. The smallest absolute Gasteiger partial charge is 0.151 e. The van der Waals surface area contributed by atoms with Crippen LogP contribution in [0, 0.1) is 12.3 Å². The number of hydrogen-bond acceptors (Lipinski definition) is 3. The Morgan fingerprint density at radius 1 is 1.50 bits per heavy atom. The van der Waals surface area contributed by atoms with E-state index in [0.717, 1.165) is 0 Å². The van der Waals surface area contributed by atoms with E-state index in [9.17, 15) is 8.42 Å². The molecular formula is C11H12ClNO2S. The van der Waals surface area contributed by atoms with Gasteiger partial charge in [-0.05, 0) is 17.7 Å². The number of rotatable bonds is 4. The zero-order chi connectivity index (χ0) is 12.2. The number of sulfone groups is 1. The topological polar surface area (TPSA) is 46.2 Å². The molecule has 0 heterocycles. The van der Waals surface area contributed by atoms with Crippen LogP contribution >= 0.6 is 11.6 Å². The first kappa shape index (κ1) is 12.9. The Hall–Kier alpha value is -1.18. The minimum Gasteiger partial charge on any atom is -0.373 e. The summed E-state index contributed by atoms with van der Waals surface area (Å²) in [5.74, 6) is 2.42. The van der Waals surface area contributed by atoms with Gasteiger partial charge in [0.15, 0.2) is 9.84 Å². The van der Waals surface area contributed by atoms with Crippen molar-refractivity contribution in [1.82, 2.24) is 0 Å². The standard InChI is InChI=1S/C11H12ClNO2S/c1-3-6-13-11-7-9(4-5-10(11)12)8-16(2,14)15/h1,4-5,7,13H,6,8H2,2H3. The quantitative estimate of drug-likeness (QED) is 0.839. The molecule has 16 heavy (non-hydrogen) atoms. The number of halogens is 1. The van der Waals surface area contributed by atoms with Gasteiger partial charge in [-0.3, -0.25) is 0 Å². The number of hydrogen-bond donors (Lipinski definition) is 1. The van der Waals surface area contributed by atoms with Crippen molar-refractivity contribution in [2.24, 2.45) is 0 Å². The number of anilines is 1. The Balaban J connectivity index is 2.94. The van der Waals surface area contributed by atoms with E-state index in [4.69, 9.17) is 18.0 Å². The highest BCUT2D eigenvalue weighted by Gasteiger charge is 2.07. The van der Waals surface area contributed by atoms with Crippen molar-refractivity contribution in [1.29, 1.82) is 0 Å². The van der Waals surface area contributed by atoms with Gasteiger partial charge in [0.05, 0.1) is 23.0 Å². The van der Waals surface area contributed by atoms with Crippen LogP contribution in [0.2, 0.25) is 5.02 Å². The lowest BCUT2D eigenvalue weighted by molar-refractivity contribution is 0.601. The second kappa shape index (κ2) is 5.24. The highest BCUT2D eigenvalue weighted by Crippen LogP contribution is 2.23. The molecule has 0 aromatic heterocycles. The van der Waals surface area contributed by atoms with Crippen LogP contribution in [0.25, 0.3) is 0 Å². The molecule has 0 aliphatic carbocycles. The first-order valence-corrected chi connectivity index (χ1v) is 7.00. The zero-order valence-corrected chi connectivity index (χ0v) is 10.4. The maximum absolute atomic E-state index is 11.1. The molecule has 0 saturated heterocycles. The van der Waals surface area contributed by atoms with Gasteiger partial charge in [-0.2, -0.15) is 0 Å². The molecule has 0 radical (unpaired) electrons. The number of nitrogens with one attached hydrogen (secondary N) is 1. The van der Waals surface area contributed by atoms with Crippen LogP contribution in [0.3, 0.4) is 0 Å². The van der Waals surface area contributed by atoms with Gasteiger partial charge in [0, 0.05) is 6.26 Å². The molecule has 0 aliphatic heterocycles. The molecular weight excluding hydrogens is 246 g/mol. The summed E-state index contributed by atoms with van der Waals surface area (Å²) in [4.78, 5) is 0. The SMILES string of the molecule is C#CCNc1cc(CS(C)(=O)=O)ccc1Cl. The molecule has 1 aromatic carbocycles. The van der Waals surface area contributed by atoms with E-state index in [1.165, 1.54) is 6.26 Å². The Kier molecular flexibility index (Phi) is 4.22. The second-order valence-corrected chi connectivity index (χ2v) is 5.99. The molecule has 1 N–H and O–H groups in total. The molecule has 0 amide bonds. The summed E-state index contributed by atoms with van der Waals surface area (Å²) < 4.78 is 22.3. The highest BCUT2D eigenvalue weighted by molar-refractivity contribution is 7.89. The largest absolute Gasteiger partial charge is 0.373 e. The Bertz CT molecular complexity index is 517. The summed E-state index contributed by atoms with van der Waals surface area (Å²) >= 11 is 5.92. The molecule has 1 rings (SSSR count). The van der Waals surface area contributed by atoms with Crippen LogP contribution in [0.4, 0.5) is 5.69 Å². The maximum atomic E-state index is 11.1. The van der Waals surface area contributed by atoms with Gasteiger partial charge in [0.2, 0.25) is 0 Å². The Labute approximate surface area is 101 Å². The van der Waals surface area contributed by atoms with Gasteiger partial charge in [0.1, 0.15) is 0 Å². The minimum atomic E-state index is -3.04. The van der Waals surface area contributed by atoms with Gasteiger partial charge >= 0.3 is 0 Å². The van der Waals surface area contributed by atoms with Gasteiger partial charge in [-0.25, -0.2) is 8.42 Å². The molecule has 86 valence electrons. The van der Waals surface area contributed by atoms with Crippen molar-refractivity contribution in [2.75, 3.05) is 18.1 Å². The average molecular weight is 258 g/mol. The fourth-order valence-corrected chi connectivity index (χ4v) is 2.22. The van der Waals surface area contributed by atoms with Crippen molar-refractivity contribution in [3.8, 4) is 12.3 Å². The summed E-state index contributed by atoms with van der Waals surface area (Å²) in [5.41, 5.74) is 1.34. The second-order valence-electron chi connectivity index (χ2n) is 3.44. The third-order valence-corrected chi connectivity index (χ3v) is 3.03. The van der Waals surface area contributed by atoms with Gasteiger partial charge in [-0.15, -0.1) is 6.42 Å². The van der Waals surface area contributed by atoms with E-state index >= 15 is 0 Å². The van der Waals surface area contributed by atoms with E-state index in [2.05, 4.69) is 11.2 Å². The van der Waals surface area contributed by atoms with Gasteiger partial charge in [-0.1, -0.05) is 23.6 Å². The van der Waals surface area contributed by atoms with Crippen LogP contribution in [0.5, 0.6) is 0 Å². The Morgan fingerprint density at radius 2 is 2.19 bits per heavy atom. The fourth-order valence-electron chi connectivity index (χ4n) is 1.25. The van der Waals surface area contributed by atoms with E-state index in [-0.39, 0.29) is 5.75 Å². The summed E-state index contributed by atoms with van der Waals surface area (Å²) in [6, 6.07) is 5.03. The molecule has 0 atom stereocenters. The summed E-state index contributed by atoms with van der Waals surface area (Å²) in [5, 5.41) is 3.45. The molecule has 0 spiro atoms. The zero-order valence-electron chi connectivity index (χ0n) is 8.83. The summed E-state index contributed by atoms with van der Waals surface area (Å²) in [6.07, 6.45) is 6.31. The highest BCUT2D eigenvalue weighted by atomic mass is 35.5. The van der Waals surface area contributed by atoms with Crippen molar-refractivity contribution >= 4 is 27.1 Å². The molecule has 3 nitrogen and oxygen atoms in total. The number of terminal acetylenes is 1. The molecule has 0 fully saturated rings. The monoisotopic (exact) mass is 257 g/mol. The minimum absolute atomic E-state index is 0.00506. The normalized spacial score (nSPS) is 10.8. The van der Waals surface area contributed by atoms with E-state index in [1.807, 2.05) is 0 Å². The first-order chi connectivity index (χ1) is 7.42. The van der Waals surface area contributed by atoms with Gasteiger partial charge < -0.3 is 5.32 Å². The van der Waals surface area contributed by atoms with Crippen molar-refractivity contribution in [2.45, 2.75) is 5.75 Å². The van der Waals surface area contributed by atoms with E-state index in [0.29, 0.717) is 22.8 Å². The van der Waals surface area contributed by atoms with E-state index < -0.39 is 9.84 Å². The molecule has 0 aliphatic rings. The van der Waals surface area contributed by atoms with Crippen molar-refractivity contribution in [3.05, 3.63) is 28.8 Å². The third kappa shape index (κ3) is 4.13. The lowest BCUT2D eigenvalue weighted by Gasteiger charge is -2.07. The first-order valence-electron chi connectivity index (χ1n) is 4.56. The maximum Gasteiger partial charge on any atom is 0.151 e. The number of benzene rings is 1. The summed E-state index contributed by atoms with van der Waals surface area (Å²) in [7, 11) is -3.04. The van der Waals surface area contributed by atoms with Gasteiger partial charge in [0.25, 0.3) is 0 Å². The lowest BCUT2D eigenvalue weighted by Crippen LogP contribution is -2.03.